The van der Waals surface area contributed by atoms with Crippen molar-refractivity contribution in [3.8, 4) is 11.5 Å². The van der Waals surface area contributed by atoms with Gasteiger partial charge in [0.05, 0.1) is 29.8 Å². The number of benzene rings is 4. The van der Waals surface area contributed by atoms with Crippen LogP contribution >= 0.6 is 0 Å². The van der Waals surface area contributed by atoms with Gasteiger partial charge in [-0.15, -0.1) is 0 Å². The standard InChI is InChI=1S/C47H52N4O10/c52-39-18-16-37(38-17-19-42(54)49-45(38)39)40(53)27-48-22-5-2-6-25-58-43(55)30-60-46(56)34-14-12-31(13-15-34)29-59-36-11-7-10-35(26-36)44(33-8-3-1-4-9-33)50-47(57)61-41-28-51-23-20-32(41)21-24-51/h1,3-4,7-19,26,32,40-41,44,48,52-53H,2,5-6,20-25,27-30H2,(H,49,54)(H,50,57)/t40-,41-,44?/m0/s1. The maximum absolute atomic E-state index is 13.2. The van der Waals surface area contributed by atoms with Crippen LogP contribution < -0.4 is 20.9 Å². The molecule has 4 aromatic carbocycles. The number of hydrogen-bond acceptors (Lipinski definition) is 12. The van der Waals surface area contributed by atoms with Crippen LogP contribution in [0.4, 0.5) is 4.79 Å². The number of aromatic hydroxyl groups is 1. The van der Waals surface area contributed by atoms with Gasteiger partial charge in [0.25, 0.3) is 0 Å². The highest BCUT2D eigenvalue weighted by Crippen LogP contribution is 2.31. The first-order valence-corrected chi connectivity index (χ1v) is 20.8. The maximum Gasteiger partial charge on any atom is 0.408 e. The van der Waals surface area contributed by atoms with Gasteiger partial charge in [-0.2, -0.15) is 0 Å². The predicted molar refractivity (Wildman–Crippen MR) is 227 cm³/mol. The lowest BCUT2D eigenvalue weighted by atomic mass is 9.86. The number of aromatic amines is 1. The van der Waals surface area contributed by atoms with E-state index in [0.717, 1.165) is 62.0 Å². The highest BCUT2D eigenvalue weighted by molar-refractivity contribution is 5.90. The normalized spacial score (nSPS) is 17.9. The van der Waals surface area contributed by atoms with Crippen LogP contribution in [0.5, 0.6) is 11.5 Å². The van der Waals surface area contributed by atoms with Gasteiger partial charge in [-0.1, -0.05) is 60.7 Å². The zero-order valence-electron chi connectivity index (χ0n) is 33.9. The molecule has 3 fully saturated rings. The minimum Gasteiger partial charge on any atom is -0.506 e. The van der Waals surface area contributed by atoms with Crippen molar-refractivity contribution in [3.05, 3.63) is 141 Å². The van der Waals surface area contributed by atoms with Crippen molar-refractivity contribution in [2.75, 3.05) is 45.9 Å². The molecule has 14 nitrogen and oxygen atoms in total. The molecule has 320 valence electrons. The number of fused-ring (bicyclic) bond motifs is 4. The Morgan fingerprint density at radius 1 is 0.852 bits per heavy atom. The lowest BCUT2D eigenvalue weighted by Gasteiger charge is -2.43. The summed E-state index contributed by atoms with van der Waals surface area (Å²) in [7, 11) is 0. The third-order valence-corrected chi connectivity index (χ3v) is 11.2. The van der Waals surface area contributed by atoms with Crippen molar-refractivity contribution in [2.45, 2.75) is 57.0 Å². The molecule has 5 aromatic rings. The number of phenolic OH excluding ortho intramolecular Hbond substituents is 1. The zero-order valence-corrected chi connectivity index (χ0v) is 33.9. The van der Waals surface area contributed by atoms with Crippen LogP contribution in [0, 0.1) is 5.92 Å². The van der Waals surface area contributed by atoms with Crippen LogP contribution in [0.2, 0.25) is 0 Å². The molecule has 3 atom stereocenters. The van der Waals surface area contributed by atoms with Gasteiger partial charge >= 0.3 is 18.0 Å². The monoisotopic (exact) mass is 832 g/mol. The van der Waals surface area contributed by atoms with E-state index in [2.05, 4.69) is 20.5 Å². The van der Waals surface area contributed by atoms with Crippen LogP contribution in [0.25, 0.3) is 10.9 Å². The molecule has 2 bridgehead atoms. The van der Waals surface area contributed by atoms with Crippen molar-refractivity contribution in [2.24, 2.45) is 5.92 Å². The summed E-state index contributed by atoms with van der Waals surface area (Å²) >= 11 is 0. The molecule has 0 spiro atoms. The number of H-pyrrole nitrogens is 1. The number of nitrogens with zero attached hydrogens (tertiary/aromatic N) is 1. The van der Waals surface area contributed by atoms with E-state index in [0.29, 0.717) is 35.6 Å². The summed E-state index contributed by atoms with van der Waals surface area (Å²) in [6, 6.07) is 29.6. The third kappa shape index (κ3) is 11.7. The van der Waals surface area contributed by atoms with Crippen molar-refractivity contribution in [1.29, 1.82) is 0 Å². The number of nitrogens with one attached hydrogen (secondary N) is 3. The van der Waals surface area contributed by atoms with Gasteiger partial charge in [-0.3, -0.25) is 9.69 Å². The molecule has 3 aliphatic heterocycles. The third-order valence-electron chi connectivity index (χ3n) is 11.2. The van der Waals surface area contributed by atoms with E-state index >= 15 is 0 Å². The molecule has 0 saturated carbocycles. The zero-order chi connectivity index (χ0) is 42.6. The molecular formula is C47H52N4O10. The number of piperidine rings is 3. The average molecular weight is 833 g/mol. The van der Waals surface area contributed by atoms with E-state index < -0.39 is 36.8 Å². The number of amides is 1. The fourth-order valence-corrected chi connectivity index (χ4v) is 7.89. The molecule has 0 radical (unpaired) electrons. The van der Waals surface area contributed by atoms with E-state index in [1.165, 1.54) is 12.1 Å². The molecule has 1 unspecified atom stereocenters. The highest BCUT2D eigenvalue weighted by atomic mass is 16.6. The molecule has 4 heterocycles. The Hall–Kier alpha value is -6.22. The Balaban J connectivity index is 0.791. The summed E-state index contributed by atoms with van der Waals surface area (Å²) in [6.45, 7) is 3.73. The molecule has 14 heteroatoms. The number of rotatable bonds is 19. The molecular weight excluding hydrogens is 781 g/mol. The Labute approximate surface area is 353 Å². The topological polar surface area (TPSA) is 189 Å². The first-order valence-electron chi connectivity index (χ1n) is 20.8. The summed E-state index contributed by atoms with van der Waals surface area (Å²) in [6.07, 6.45) is 2.88. The first-order chi connectivity index (χ1) is 29.7. The van der Waals surface area contributed by atoms with Crippen molar-refractivity contribution in [1.82, 2.24) is 20.5 Å². The van der Waals surface area contributed by atoms with Crippen molar-refractivity contribution < 1.29 is 43.5 Å². The number of alkyl carbamates (subject to hydrolysis) is 1. The SMILES string of the molecule is O=C(COC(=O)c1ccc(COc2cccc(C(NC(=O)O[C@H]3CN4CCC3CC4)c3ccccc3)c2)cc1)OCCCCCNC[C@H](O)c1ccc(O)c2[nH]c(=O)ccc12. The molecule has 8 rings (SSSR count). The van der Waals surface area contributed by atoms with Gasteiger partial charge in [0, 0.05) is 24.5 Å². The Morgan fingerprint density at radius 3 is 2.41 bits per heavy atom. The summed E-state index contributed by atoms with van der Waals surface area (Å²) in [5.74, 6) is -0.332. The summed E-state index contributed by atoms with van der Waals surface area (Å²) in [5.41, 5.74) is 3.40. The number of phenols is 1. The van der Waals surface area contributed by atoms with E-state index in [-0.39, 0.29) is 48.3 Å². The second-order valence-electron chi connectivity index (χ2n) is 15.5. The average Bonchev–Trinajstić information content (AvgIpc) is 3.28. The molecule has 3 aliphatic rings. The second kappa shape index (κ2) is 20.8. The molecule has 3 saturated heterocycles. The molecule has 1 aromatic heterocycles. The lowest BCUT2D eigenvalue weighted by Crippen LogP contribution is -2.52. The largest absolute Gasteiger partial charge is 0.506 e. The van der Waals surface area contributed by atoms with Gasteiger partial charge in [-0.05, 0) is 116 Å². The van der Waals surface area contributed by atoms with Crippen LogP contribution in [0.3, 0.4) is 0 Å². The van der Waals surface area contributed by atoms with Gasteiger partial charge in [0.15, 0.2) is 6.61 Å². The van der Waals surface area contributed by atoms with Crippen LogP contribution in [0.1, 0.15) is 76.9 Å². The van der Waals surface area contributed by atoms with E-state index in [1.54, 1.807) is 36.4 Å². The minimum absolute atomic E-state index is 0.0631. The number of hydrogen-bond donors (Lipinski definition) is 5. The molecule has 5 N–H and O–H groups in total. The number of aromatic nitrogens is 1. The molecule has 1 amide bonds. The number of carbonyl (C=O) groups excluding carboxylic acids is 3. The smallest absolute Gasteiger partial charge is 0.408 e. The number of unbranched alkanes of at least 4 members (excludes halogenated alkanes) is 2. The van der Waals surface area contributed by atoms with Crippen LogP contribution in [-0.4, -0.2) is 90.2 Å². The quantitative estimate of drug-likeness (QED) is 0.0376. The number of aliphatic hydroxyl groups is 1. The first kappa shape index (κ1) is 42.9. The Kier molecular flexibility index (Phi) is 14.7. The second-order valence-corrected chi connectivity index (χ2v) is 15.5. The van der Waals surface area contributed by atoms with Gasteiger partial charge < -0.3 is 44.8 Å². The summed E-state index contributed by atoms with van der Waals surface area (Å²) < 4.78 is 22.5. The number of aliphatic hydroxyl groups excluding tert-OH is 1. The number of carbonyl (C=O) groups is 3. The molecule has 0 aliphatic carbocycles. The van der Waals surface area contributed by atoms with E-state index in [9.17, 15) is 29.4 Å². The van der Waals surface area contributed by atoms with E-state index in [4.69, 9.17) is 18.9 Å². The lowest BCUT2D eigenvalue weighted by molar-refractivity contribution is -0.147. The van der Waals surface area contributed by atoms with Gasteiger partial charge in [0.2, 0.25) is 5.56 Å². The number of pyridine rings is 1. The number of esters is 2. The molecule has 61 heavy (non-hydrogen) atoms. The fraction of sp³-hybridized carbons (Fsp3) is 0.362. The van der Waals surface area contributed by atoms with Crippen molar-refractivity contribution >= 4 is 28.9 Å². The highest BCUT2D eigenvalue weighted by Gasteiger charge is 2.37. The van der Waals surface area contributed by atoms with Crippen molar-refractivity contribution in [3.63, 3.8) is 0 Å². The Bertz CT molecular complexity index is 2310. The fourth-order valence-electron chi connectivity index (χ4n) is 7.89. The van der Waals surface area contributed by atoms with E-state index in [1.807, 2.05) is 54.6 Å². The summed E-state index contributed by atoms with van der Waals surface area (Å²) in [5, 5.41) is 27.6. The van der Waals surface area contributed by atoms with Crippen LogP contribution in [0.15, 0.2) is 108 Å². The maximum atomic E-state index is 13.2. The van der Waals surface area contributed by atoms with Crippen LogP contribution in [-0.2, 0) is 25.6 Å². The van der Waals surface area contributed by atoms with Gasteiger partial charge in [-0.25, -0.2) is 14.4 Å². The minimum atomic E-state index is -0.846. The number of ether oxygens (including phenoxy) is 4. The summed E-state index contributed by atoms with van der Waals surface area (Å²) in [4.78, 5) is 54.6. The van der Waals surface area contributed by atoms with Gasteiger partial charge in [0.1, 0.15) is 24.2 Å². The predicted octanol–water partition coefficient (Wildman–Crippen LogP) is 5.92. The Morgan fingerprint density at radius 2 is 1.64 bits per heavy atom.